The lowest BCUT2D eigenvalue weighted by Gasteiger charge is -2.33. The van der Waals surface area contributed by atoms with Gasteiger partial charge in [0, 0.05) is 13.1 Å². The highest BCUT2D eigenvalue weighted by Gasteiger charge is 2.32. The number of hydrogen-bond acceptors (Lipinski definition) is 6. The smallest absolute Gasteiger partial charge is 0.410 e. The van der Waals surface area contributed by atoms with E-state index in [1.807, 2.05) is 52.0 Å². The van der Waals surface area contributed by atoms with Crippen molar-refractivity contribution in [2.75, 3.05) is 13.1 Å². The van der Waals surface area contributed by atoms with E-state index in [1.165, 1.54) is 0 Å². The molecule has 2 aromatic rings. The number of esters is 1. The second-order valence-corrected chi connectivity index (χ2v) is 8.12. The van der Waals surface area contributed by atoms with Crippen LogP contribution in [0.5, 0.6) is 0 Å². The third kappa shape index (κ3) is 4.97. The first-order valence-corrected chi connectivity index (χ1v) is 9.60. The molecule has 1 atom stereocenters. The van der Waals surface area contributed by atoms with Crippen LogP contribution in [0.1, 0.15) is 45.0 Å². The maximum absolute atomic E-state index is 12.6. The summed E-state index contributed by atoms with van der Waals surface area (Å²) in [5.74, 6) is -0.669. The fraction of sp³-hybridized carbons (Fsp3) is 0.524. The Bertz CT molecular complexity index is 876. The predicted molar refractivity (Wildman–Crippen MR) is 105 cm³/mol. The number of carbonyl (C=O) groups is 2. The van der Waals surface area contributed by atoms with Crippen LogP contribution in [0.4, 0.5) is 4.79 Å². The van der Waals surface area contributed by atoms with Crippen molar-refractivity contribution in [1.29, 1.82) is 0 Å². The molecule has 0 radical (unpaired) electrons. The molecule has 7 nitrogen and oxygen atoms in total. The number of amides is 1. The Morgan fingerprint density at radius 1 is 1.18 bits per heavy atom. The summed E-state index contributed by atoms with van der Waals surface area (Å²) in [6.45, 7) is 8.32. The summed E-state index contributed by atoms with van der Waals surface area (Å²) < 4.78 is 10.9. The molecule has 3 rings (SSSR count). The fourth-order valence-corrected chi connectivity index (χ4v) is 3.18. The Kier molecular flexibility index (Phi) is 5.82. The minimum Gasteiger partial charge on any atom is -0.459 e. The molecular formula is C21H27N3O4. The quantitative estimate of drug-likeness (QED) is 0.751. The summed E-state index contributed by atoms with van der Waals surface area (Å²) in [5.41, 5.74) is 2.41. The summed E-state index contributed by atoms with van der Waals surface area (Å²) in [5, 5.41) is 0. The zero-order chi connectivity index (χ0) is 20.3. The van der Waals surface area contributed by atoms with Crippen molar-refractivity contribution >= 4 is 23.1 Å². The second kappa shape index (κ2) is 8.12. The number of benzene rings is 1. The number of aromatic nitrogens is 2. The number of aryl methyl sites for hydroxylation is 1. The van der Waals surface area contributed by atoms with E-state index in [0.717, 1.165) is 23.1 Å². The number of ether oxygens (including phenoxy) is 2. The Labute approximate surface area is 165 Å². The summed E-state index contributed by atoms with van der Waals surface area (Å²) in [7, 11) is 0. The van der Waals surface area contributed by atoms with Crippen molar-refractivity contribution in [2.24, 2.45) is 5.92 Å². The van der Waals surface area contributed by atoms with Crippen molar-refractivity contribution in [3.8, 4) is 0 Å². The highest BCUT2D eigenvalue weighted by Crippen LogP contribution is 2.21. The zero-order valence-electron chi connectivity index (χ0n) is 16.9. The van der Waals surface area contributed by atoms with Gasteiger partial charge in [-0.25, -0.2) is 14.8 Å². The minimum absolute atomic E-state index is 0.0748. The van der Waals surface area contributed by atoms with E-state index in [1.54, 1.807) is 4.90 Å². The number of likely N-dealkylation sites (tertiary alicyclic amines) is 1. The second-order valence-electron chi connectivity index (χ2n) is 8.12. The van der Waals surface area contributed by atoms with E-state index >= 15 is 0 Å². The molecule has 1 aliphatic heterocycles. The molecule has 1 saturated heterocycles. The number of fused-ring (bicyclic) bond motifs is 1. The van der Waals surface area contributed by atoms with E-state index in [-0.39, 0.29) is 24.6 Å². The fourth-order valence-electron chi connectivity index (χ4n) is 3.18. The Balaban J connectivity index is 1.60. The lowest BCUT2D eigenvalue weighted by molar-refractivity contribution is -0.151. The molecule has 0 N–H and O–H groups in total. The molecule has 1 unspecified atom stereocenters. The molecule has 0 bridgehead atoms. The molecule has 2 heterocycles. The van der Waals surface area contributed by atoms with Gasteiger partial charge in [0.05, 0.1) is 28.3 Å². The maximum atomic E-state index is 12.6. The topological polar surface area (TPSA) is 81.6 Å². The Morgan fingerprint density at radius 3 is 2.54 bits per heavy atom. The van der Waals surface area contributed by atoms with Gasteiger partial charge in [0.2, 0.25) is 0 Å². The van der Waals surface area contributed by atoms with E-state index < -0.39 is 5.60 Å². The van der Waals surface area contributed by atoms with Gasteiger partial charge in [0.1, 0.15) is 12.2 Å². The average Bonchev–Trinajstić information content (AvgIpc) is 2.65. The van der Waals surface area contributed by atoms with Crippen LogP contribution in [-0.2, 0) is 20.9 Å². The van der Waals surface area contributed by atoms with Crippen LogP contribution in [0.15, 0.2) is 24.3 Å². The van der Waals surface area contributed by atoms with Crippen LogP contribution < -0.4 is 0 Å². The van der Waals surface area contributed by atoms with Gasteiger partial charge in [-0.15, -0.1) is 0 Å². The van der Waals surface area contributed by atoms with Crippen molar-refractivity contribution in [1.82, 2.24) is 14.9 Å². The molecular weight excluding hydrogens is 358 g/mol. The lowest BCUT2D eigenvalue weighted by Crippen LogP contribution is -2.45. The third-order valence-electron chi connectivity index (χ3n) is 4.60. The number of carbonyl (C=O) groups excluding carboxylic acids is 2. The lowest BCUT2D eigenvalue weighted by atomic mass is 9.98. The van der Waals surface area contributed by atoms with E-state index in [2.05, 4.69) is 9.97 Å². The van der Waals surface area contributed by atoms with Crippen molar-refractivity contribution in [3.63, 3.8) is 0 Å². The van der Waals surface area contributed by atoms with Crippen LogP contribution >= 0.6 is 0 Å². The summed E-state index contributed by atoms with van der Waals surface area (Å²) >= 11 is 0. The van der Waals surface area contributed by atoms with Crippen molar-refractivity contribution < 1.29 is 19.1 Å². The van der Waals surface area contributed by atoms with Crippen LogP contribution in [-0.4, -0.2) is 45.6 Å². The SMILES string of the molecule is Cc1nc2ccccc2nc1COC(=O)C1CCCN(C(=O)OC(C)(C)C)C1. The molecule has 1 amide bonds. The van der Waals surface area contributed by atoms with E-state index in [4.69, 9.17) is 9.47 Å². The monoisotopic (exact) mass is 385 g/mol. The van der Waals surface area contributed by atoms with Crippen LogP contribution in [0.25, 0.3) is 11.0 Å². The van der Waals surface area contributed by atoms with Gasteiger partial charge in [-0.05, 0) is 52.7 Å². The zero-order valence-corrected chi connectivity index (χ0v) is 16.9. The summed E-state index contributed by atoms with van der Waals surface area (Å²) in [6, 6.07) is 7.59. The predicted octanol–water partition coefficient (Wildman–Crippen LogP) is 3.63. The Morgan fingerprint density at radius 2 is 1.86 bits per heavy atom. The largest absolute Gasteiger partial charge is 0.459 e. The van der Waals surface area contributed by atoms with Crippen LogP contribution in [0.3, 0.4) is 0 Å². The van der Waals surface area contributed by atoms with Gasteiger partial charge in [-0.2, -0.15) is 0 Å². The molecule has 0 aliphatic carbocycles. The summed E-state index contributed by atoms with van der Waals surface area (Å²) in [4.78, 5) is 35.5. The molecule has 1 aromatic carbocycles. The molecule has 7 heteroatoms. The van der Waals surface area contributed by atoms with Gasteiger partial charge < -0.3 is 14.4 Å². The number of hydrogen-bond donors (Lipinski definition) is 0. The molecule has 0 spiro atoms. The standard InChI is InChI=1S/C21H27N3O4/c1-14-18(23-17-10-6-5-9-16(17)22-14)13-27-19(25)15-8-7-11-24(12-15)20(26)28-21(2,3)4/h5-6,9-10,15H,7-8,11-13H2,1-4H3. The van der Waals surface area contributed by atoms with Crippen LogP contribution in [0.2, 0.25) is 0 Å². The molecule has 1 aliphatic rings. The highest BCUT2D eigenvalue weighted by molar-refractivity contribution is 5.76. The average molecular weight is 385 g/mol. The molecule has 0 saturated carbocycles. The Hall–Kier alpha value is -2.70. The molecule has 150 valence electrons. The first-order valence-electron chi connectivity index (χ1n) is 9.60. The van der Waals surface area contributed by atoms with Crippen molar-refractivity contribution in [3.05, 3.63) is 35.7 Å². The van der Waals surface area contributed by atoms with Crippen LogP contribution in [0, 0.1) is 12.8 Å². The van der Waals surface area contributed by atoms with Gasteiger partial charge in [0.15, 0.2) is 0 Å². The molecule has 1 aromatic heterocycles. The van der Waals surface area contributed by atoms with Gasteiger partial charge >= 0.3 is 12.1 Å². The van der Waals surface area contributed by atoms with Gasteiger partial charge in [0.25, 0.3) is 0 Å². The highest BCUT2D eigenvalue weighted by atomic mass is 16.6. The van der Waals surface area contributed by atoms with Gasteiger partial charge in [-0.1, -0.05) is 12.1 Å². The molecule has 28 heavy (non-hydrogen) atoms. The number of nitrogens with zero attached hydrogens (tertiary/aromatic N) is 3. The number of para-hydroxylation sites is 2. The van der Waals surface area contributed by atoms with Crippen molar-refractivity contribution in [2.45, 2.75) is 52.7 Å². The summed E-state index contributed by atoms with van der Waals surface area (Å²) in [6.07, 6.45) is 1.05. The van der Waals surface area contributed by atoms with Gasteiger partial charge in [-0.3, -0.25) is 4.79 Å². The van der Waals surface area contributed by atoms with E-state index in [9.17, 15) is 9.59 Å². The maximum Gasteiger partial charge on any atom is 0.410 e. The normalized spacial score (nSPS) is 17.4. The van der Waals surface area contributed by atoms with E-state index in [0.29, 0.717) is 25.2 Å². The number of piperidine rings is 1. The number of rotatable bonds is 3. The first kappa shape index (κ1) is 20.0. The minimum atomic E-state index is -0.559. The third-order valence-corrected chi connectivity index (χ3v) is 4.60. The molecule has 1 fully saturated rings. The first-order chi connectivity index (χ1) is 13.2.